The first kappa shape index (κ1) is 19.5. The molecule has 0 aliphatic carbocycles. The van der Waals surface area contributed by atoms with E-state index in [4.69, 9.17) is 0 Å². The van der Waals surface area contributed by atoms with Gasteiger partial charge in [-0.1, -0.05) is 36.4 Å². The Balaban J connectivity index is 1.66. The fourth-order valence-corrected chi connectivity index (χ4v) is 3.69. The highest BCUT2D eigenvalue weighted by Gasteiger charge is 2.21. The number of carbonyl (C=O) groups is 1. The van der Waals surface area contributed by atoms with Crippen LogP contribution in [0.15, 0.2) is 72.2 Å². The van der Waals surface area contributed by atoms with Gasteiger partial charge >= 0.3 is 5.69 Å². The van der Waals surface area contributed by atoms with Crippen molar-refractivity contribution >= 4 is 28.6 Å². The minimum absolute atomic E-state index is 0.126. The summed E-state index contributed by atoms with van der Waals surface area (Å²) < 4.78 is 15.2. The summed E-state index contributed by atoms with van der Waals surface area (Å²) in [7, 11) is 0. The average molecular weight is 422 g/mol. The van der Waals surface area contributed by atoms with Gasteiger partial charge in [0.05, 0.1) is 21.9 Å². The van der Waals surface area contributed by atoms with Crippen LogP contribution in [0.2, 0.25) is 0 Å². The smallest absolute Gasteiger partial charge is 0.306 e. The fraction of sp³-hybridized carbons (Fsp3) is 0.0476. The number of amides is 1. The molecule has 2 aromatic carbocycles. The van der Waals surface area contributed by atoms with E-state index >= 15 is 0 Å². The Bertz CT molecular complexity index is 1210. The van der Waals surface area contributed by atoms with E-state index in [1.807, 2.05) is 47.8 Å². The molecule has 0 atom stereocenters. The third-order valence-electron chi connectivity index (χ3n) is 4.35. The molecule has 2 aromatic heterocycles. The third kappa shape index (κ3) is 4.11. The number of rotatable bonds is 6. The highest BCUT2D eigenvalue weighted by molar-refractivity contribution is 7.13. The molecule has 0 saturated carbocycles. The maximum atomic E-state index is 13.6. The van der Waals surface area contributed by atoms with Crippen LogP contribution in [0, 0.1) is 15.9 Å². The van der Waals surface area contributed by atoms with E-state index in [1.54, 1.807) is 10.9 Å². The molecule has 30 heavy (non-hydrogen) atoms. The number of nitro benzene ring substituents is 1. The molecule has 7 nitrogen and oxygen atoms in total. The Labute approximate surface area is 174 Å². The summed E-state index contributed by atoms with van der Waals surface area (Å²) in [5.74, 6) is -1.45. The minimum atomic E-state index is -0.965. The molecule has 4 rings (SSSR count). The van der Waals surface area contributed by atoms with Gasteiger partial charge in [0, 0.05) is 18.0 Å². The lowest BCUT2D eigenvalue weighted by Crippen LogP contribution is -2.12. The van der Waals surface area contributed by atoms with Crippen LogP contribution >= 0.6 is 11.3 Å². The monoisotopic (exact) mass is 422 g/mol. The van der Waals surface area contributed by atoms with E-state index in [0.717, 1.165) is 22.6 Å². The maximum absolute atomic E-state index is 13.6. The van der Waals surface area contributed by atoms with Gasteiger partial charge in [0.1, 0.15) is 5.69 Å². The van der Waals surface area contributed by atoms with Crippen LogP contribution in [0.3, 0.4) is 0 Å². The number of thiophene rings is 1. The molecule has 0 fully saturated rings. The summed E-state index contributed by atoms with van der Waals surface area (Å²) >= 11 is 1.45. The molecule has 1 amide bonds. The molecule has 4 aromatic rings. The molecule has 0 radical (unpaired) electrons. The number of nitrogens with zero attached hydrogens (tertiary/aromatic N) is 3. The number of hydrogen-bond acceptors (Lipinski definition) is 5. The SMILES string of the molecule is O=C(Nc1ccc(F)c([N+](=O)[O-])c1)c1cn(Cc2ccccc2)nc1-c1cccs1. The van der Waals surface area contributed by atoms with Crippen molar-refractivity contribution in [1.82, 2.24) is 9.78 Å². The van der Waals surface area contributed by atoms with E-state index in [1.165, 1.54) is 17.4 Å². The van der Waals surface area contributed by atoms with Crippen molar-refractivity contribution in [2.24, 2.45) is 0 Å². The lowest BCUT2D eigenvalue weighted by atomic mass is 10.2. The third-order valence-corrected chi connectivity index (χ3v) is 5.23. The highest BCUT2D eigenvalue weighted by atomic mass is 32.1. The predicted octanol–water partition coefficient (Wildman–Crippen LogP) is 4.96. The topological polar surface area (TPSA) is 90.1 Å². The van der Waals surface area contributed by atoms with Crippen LogP contribution in [-0.2, 0) is 6.54 Å². The summed E-state index contributed by atoms with van der Waals surface area (Å²) in [6.07, 6.45) is 1.63. The predicted molar refractivity (Wildman–Crippen MR) is 112 cm³/mol. The Morgan fingerprint density at radius 2 is 1.97 bits per heavy atom. The lowest BCUT2D eigenvalue weighted by molar-refractivity contribution is -0.387. The van der Waals surface area contributed by atoms with E-state index in [0.29, 0.717) is 17.8 Å². The second-order valence-corrected chi connectivity index (χ2v) is 7.38. The number of halogens is 1. The molecule has 0 aliphatic rings. The van der Waals surface area contributed by atoms with Crippen LogP contribution in [0.4, 0.5) is 15.8 Å². The summed E-state index contributed by atoms with van der Waals surface area (Å²) in [6, 6.07) is 16.6. The maximum Gasteiger partial charge on any atom is 0.306 e. The van der Waals surface area contributed by atoms with Crippen molar-refractivity contribution in [3.05, 3.63) is 99.3 Å². The van der Waals surface area contributed by atoms with Crippen LogP contribution in [0.1, 0.15) is 15.9 Å². The van der Waals surface area contributed by atoms with Gasteiger partial charge in [0.15, 0.2) is 0 Å². The molecule has 0 spiro atoms. The summed E-state index contributed by atoms with van der Waals surface area (Å²) in [4.78, 5) is 23.9. The second kappa shape index (κ2) is 8.26. The zero-order chi connectivity index (χ0) is 21.1. The zero-order valence-electron chi connectivity index (χ0n) is 15.5. The van der Waals surface area contributed by atoms with Gasteiger partial charge < -0.3 is 5.32 Å². The van der Waals surface area contributed by atoms with Crippen molar-refractivity contribution in [1.29, 1.82) is 0 Å². The first-order chi connectivity index (χ1) is 14.5. The molecule has 150 valence electrons. The molecular weight excluding hydrogens is 407 g/mol. The van der Waals surface area contributed by atoms with Gasteiger partial charge in [-0.15, -0.1) is 11.3 Å². The molecule has 1 N–H and O–H groups in total. The molecule has 2 heterocycles. The van der Waals surface area contributed by atoms with Crippen molar-refractivity contribution in [3.63, 3.8) is 0 Å². The standard InChI is InChI=1S/C21H15FN4O3S/c22-17-9-8-15(11-18(17)26(28)29)23-21(27)16-13-25(12-14-5-2-1-3-6-14)24-20(16)19-7-4-10-30-19/h1-11,13H,12H2,(H,23,27). The molecular formula is C21H15FN4O3S. The number of nitrogens with one attached hydrogen (secondary N) is 1. The van der Waals surface area contributed by atoms with Gasteiger partial charge in [-0.3, -0.25) is 19.6 Å². The van der Waals surface area contributed by atoms with Crippen molar-refractivity contribution < 1.29 is 14.1 Å². The van der Waals surface area contributed by atoms with E-state index < -0.39 is 22.3 Å². The molecule has 0 saturated heterocycles. The molecule has 0 bridgehead atoms. The first-order valence-electron chi connectivity index (χ1n) is 8.92. The largest absolute Gasteiger partial charge is 0.322 e. The van der Waals surface area contributed by atoms with Gasteiger partial charge in [-0.05, 0) is 29.1 Å². The summed E-state index contributed by atoms with van der Waals surface area (Å²) in [5.41, 5.74) is 1.28. The normalized spacial score (nSPS) is 10.7. The van der Waals surface area contributed by atoms with Gasteiger partial charge in [-0.25, -0.2) is 0 Å². The Morgan fingerprint density at radius 3 is 2.67 bits per heavy atom. The zero-order valence-corrected chi connectivity index (χ0v) is 16.3. The number of nitro groups is 1. The fourth-order valence-electron chi connectivity index (χ4n) is 2.96. The molecule has 0 unspecified atom stereocenters. The van der Waals surface area contributed by atoms with Crippen molar-refractivity contribution in [2.45, 2.75) is 6.54 Å². The van der Waals surface area contributed by atoms with Crippen LogP contribution in [-0.4, -0.2) is 20.6 Å². The number of benzene rings is 2. The van der Waals surface area contributed by atoms with Crippen molar-refractivity contribution in [2.75, 3.05) is 5.32 Å². The summed E-state index contributed by atoms with van der Waals surface area (Å²) in [5, 5.41) is 20.0. The first-order valence-corrected chi connectivity index (χ1v) is 9.80. The lowest BCUT2D eigenvalue weighted by Gasteiger charge is -2.05. The van der Waals surface area contributed by atoms with E-state index in [2.05, 4.69) is 10.4 Å². The number of aromatic nitrogens is 2. The second-order valence-electron chi connectivity index (χ2n) is 6.43. The number of carbonyl (C=O) groups excluding carboxylic acids is 1. The molecule has 9 heteroatoms. The van der Waals surface area contributed by atoms with Crippen LogP contribution in [0.25, 0.3) is 10.6 Å². The van der Waals surface area contributed by atoms with E-state index in [-0.39, 0.29) is 5.69 Å². The Morgan fingerprint density at radius 1 is 1.17 bits per heavy atom. The average Bonchev–Trinajstić information content (AvgIpc) is 3.40. The van der Waals surface area contributed by atoms with Crippen LogP contribution in [0.5, 0.6) is 0 Å². The van der Waals surface area contributed by atoms with Gasteiger partial charge in [-0.2, -0.15) is 9.49 Å². The highest BCUT2D eigenvalue weighted by Crippen LogP contribution is 2.28. The molecule has 0 aliphatic heterocycles. The van der Waals surface area contributed by atoms with Crippen molar-refractivity contribution in [3.8, 4) is 10.6 Å². The van der Waals surface area contributed by atoms with Crippen LogP contribution < -0.4 is 5.32 Å². The minimum Gasteiger partial charge on any atom is -0.322 e. The quantitative estimate of drug-likeness (QED) is 0.351. The number of hydrogen-bond donors (Lipinski definition) is 1. The van der Waals surface area contributed by atoms with Gasteiger partial charge in [0.25, 0.3) is 5.91 Å². The number of anilines is 1. The Kier molecular flexibility index (Phi) is 5.36. The van der Waals surface area contributed by atoms with Gasteiger partial charge in [0.2, 0.25) is 5.82 Å². The Hall–Kier alpha value is -3.85. The summed E-state index contributed by atoms with van der Waals surface area (Å²) in [6.45, 7) is 0.481. The van der Waals surface area contributed by atoms with E-state index in [9.17, 15) is 19.3 Å².